The van der Waals surface area contributed by atoms with Gasteiger partial charge in [-0.3, -0.25) is 0 Å². The summed E-state index contributed by atoms with van der Waals surface area (Å²) in [7, 11) is 0. The summed E-state index contributed by atoms with van der Waals surface area (Å²) < 4.78 is 21.2. The Bertz CT molecular complexity index is 136. The van der Waals surface area contributed by atoms with E-state index < -0.39 is 13.1 Å². The second-order valence-corrected chi connectivity index (χ2v) is 2.24. The lowest BCUT2D eigenvalue weighted by molar-refractivity contribution is 0.0846. The molecule has 0 bridgehead atoms. The minimum absolute atomic E-state index is 0.288. The van der Waals surface area contributed by atoms with Crippen LogP contribution in [0, 0.1) is 0 Å². The Hall–Kier alpha value is -0.0800. The summed E-state index contributed by atoms with van der Waals surface area (Å²) in [5, 5.41) is 9.15. The first-order valence-electron chi connectivity index (χ1n) is 4.43. The van der Waals surface area contributed by atoms with Gasteiger partial charge in [-0.05, 0) is 26.4 Å². The van der Waals surface area contributed by atoms with Crippen LogP contribution in [-0.4, -0.2) is 36.2 Å². The number of hydrogen-bond donors (Lipinski definition) is 1. The molecule has 0 amide bonds. The van der Waals surface area contributed by atoms with E-state index in [1.165, 1.54) is 4.90 Å². The van der Waals surface area contributed by atoms with E-state index in [-0.39, 0.29) is 6.54 Å². The number of piperidine rings is 1. The van der Waals surface area contributed by atoms with Crippen LogP contribution in [-0.2, 0) is 0 Å². The van der Waals surface area contributed by atoms with Crippen LogP contribution in [0.4, 0.5) is 0 Å². The zero-order valence-corrected chi connectivity index (χ0v) is 4.80. The molecule has 48 valence electrons. The number of aliphatic hydroxyl groups excluding tert-OH is 1. The van der Waals surface area contributed by atoms with E-state index >= 15 is 0 Å². The topological polar surface area (TPSA) is 23.5 Å². The Labute approximate surface area is 54.3 Å². The first-order valence-corrected chi connectivity index (χ1v) is 2.93. The largest absolute Gasteiger partial charge is 0.392 e. The van der Waals surface area contributed by atoms with Crippen molar-refractivity contribution in [1.29, 1.82) is 0 Å². The van der Waals surface area contributed by atoms with Gasteiger partial charge < -0.3 is 10.0 Å². The zero-order chi connectivity index (χ0) is 8.48. The molecule has 0 aliphatic carbocycles. The van der Waals surface area contributed by atoms with Gasteiger partial charge in [0.05, 0.1) is 6.10 Å². The third-order valence-corrected chi connectivity index (χ3v) is 1.40. The van der Waals surface area contributed by atoms with Crippen LogP contribution >= 0.6 is 0 Å². The van der Waals surface area contributed by atoms with Gasteiger partial charge in [0.2, 0.25) is 0 Å². The molecule has 0 radical (unpaired) electrons. The molecule has 1 aliphatic rings. The van der Waals surface area contributed by atoms with E-state index in [1.807, 2.05) is 0 Å². The van der Waals surface area contributed by atoms with Crippen molar-refractivity contribution in [3.63, 3.8) is 0 Å². The molecule has 1 rings (SSSR count). The van der Waals surface area contributed by atoms with Crippen molar-refractivity contribution >= 4 is 0 Å². The number of likely N-dealkylation sites (tertiary alicyclic amines) is 1. The molecule has 1 aliphatic heterocycles. The molecular weight excluding hydrogens is 103 g/mol. The summed E-state index contributed by atoms with van der Waals surface area (Å²) in [5.74, 6) is 0. The fourth-order valence-corrected chi connectivity index (χ4v) is 0.955. The second kappa shape index (κ2) is 2.46. The highest BCUT2D eigenvalue weighted by Crippen LogP contribution is 2.06. The smallest absolute Gasteiger partial charge is 0.0667 e. The first kappa shape index (κ1) is 3.18. The lowest BCUT2D eigenvalue weighted by Gasteiger charge is -2.25. The van der Waals surface area contributed by atoms with Crippen molar-refractivity contribution in [2.75, 3.05) is 20.1 Å². The normalized spacial score (nSPS) is 40.1. The van der Waals surface area contributed by atoms with E-state index in [9.17, 15) is 0 Å². The molecule has 1 heterocycles. The predicted molar refractivity (Wildman–Crippen MR) is 32.7 cm³/mol. The fourth-order valence-electron chi connectivity index (χ4n) is 0.955. The molecule has 1 fully saturated rings. The minimum atomic E-state index is -2.03. The van der Waals surface area contributed by atoms with Crippen LogP contribution < -0.4 is 0 Å². The molecule has 2 nitrogen and oxygen atoms in total. The lowest BCUT2D eigenvalue weighted by Crippen LogP contribution is -2.34. The average molecular weight is 119 g/mol. The van der Waals surface area contributed by atoms with Gasteiger partial charge in [-0.2, -0.15) is 0 Å². The van der Waals surface area contributed by atoms with Gasteiger partial charge in [-0.25, -0.2) is 0 Å². The SMILES string of the molecule is [2H][13C]([2H])([2H])N1CCCC(O)C1. The van der Waals surface area contributed by atoms with Gasteiger partial charge in [0.15, 0.2) is 0 Å². The maximum atomic E-state index is 9.15. The molecule has 1 atom stereocenters. The van der Waals surface area contributed by atoms with Crippen molar-refractivity contribution in [2.24, 2.45) is 0 Å². The Morgan fingerprint density at radius 3 is 3.25 bits per heavy atom. The Balaban J connectivity index is 2.46. The zero-order valence-electron chi connectivity index (χ0n) is 7.80. The van der Waals surface area contributed by atoms with E-state index in [0.717, 1.165) is 12.8 Å². The van der Waals surface area contributed by atoms with E-state index in [0.29, 0.717) is 6.54 Å². The van der Waals surface area contributed by atoms with Gasteiger partial charge in [-0.1, -0.05) is 0 Å². The van der Waals surface area contributed by atoms with Crippen molar-refractivity contribution in [3.05, 3.63) is 0 Å². The number of β-amino-alcohol motifs (C(OH)–C–C–N with tert-alkyl or cyclic N) is 1. The minimum Gasteiger partial charge on any atom is -0.392 e. The molecule has 0 saturated carbocycles. The van der Waals surface area contributed by atoms with Crippen molar-refractivity contribution < 1.29 is 9.22 Å². The summed E-state index contributed by atoms with van der Waals surface area (Å²) in [5.41, 5.74) is 0. The molecule has 2 heteroatoms. The predicted octanol–water partition coefficient (Wildman–Crippen LogP) is 0.0729. The second-order valence-electron chi connectivity index (χ2n) is 2.24. The Kier molecular flexibility index (Phi) is 0.980. The Morgan fingerprint density at radius 1 is 1.88 bits per heavy atom. The summed E-state index contributed by atoms with van der Waals surface area (Å²) in [6.45, 7) is -1.16. The molecule has 1 N–H and O–H groups in total. The van der Waals surface area contributed by atoms with Crippen LogP contribution in [0.15, 0.2) is 0 Å². The van der Waals surface area contributed by atoms with Crippen molar-refractivity contribution in [3.8, 4) is 0 Å². The highest BCUT2D eigenvalue weighted by Gasteiger charge is 2.12. The monoisotopic (exact) mass is 119 g/mol. The van der Waals surface area contributed by atoms with Gasteiger partial charge in [-0.15, -0.1) is 0 Å². The fraction of sp³-hybridized carbons (Fsp3) is 1.00. The van der Waals surface area contributed by atoms with Crippen LogP contribution in [0.5, 0.6) is 0 Å². The highest BCUT2D eigenvalue weighted by molar-refractivity contribution is 4.67. The van der Waals surface area contributed by atoms with Gasteiger partial charge in [0.1, 0.15) is 0 Å². The number of aliphatic hydroxyl groups is 1. The van der Waals surface area contributed by atoms with Crippen molar-refractivity contribution in [2.45, 2.75) is 18.9 Å². The molecule has 1 saturated heterocycles. The van der Waals surface area contributed by atoms with Crippen LogP contribution in [0.3, 0.4) is 0 Å². The van der Waals surface area contributed by atoms with Gasteiger partial charge in [0.25, 0.3) is 0 Å². The van der Waals surface area contributed by atoms with Crippen molar-refractivity contribution in [1.82, 2.24) is 4.90 Å². The third kappa shape index (κ3) is 1.46. The third-order valence-electron chi connectivity index (χ3n) is 1.40. The molecule has 1 unspecified atom stereocenters. The quantitative estimate of drug-likeness (QED) is 0.456. The molecule has 0 aromatic carbocycles. The Morgan fingerprint density at radius 2 is 2.75 bits per heavy atom. The van der Waals surface area contributed by atoms with E-state index in [1.54, 1.807) is 0 Å². The summed E-state index contributed by atoms with van der Waals surface area (Å²) in [4.78, 5) is 1.35. The molecule has 8 heavy (non-hydrogen) atoms. The van der Waals surface area contributed by atoms with E-state index in [4.69, 9.17) is 9.22 Å². The van der Waals surface area contributed by atoms with Crippen LogP contribution in [0.2, 0.25) is 0 Å². The average Bonchev–Trinajstić information content (AvgIpc) is 1.86. The number of hydrogen-bond acceptors (Lipinski definition) is 2. The maximum Gasteiger partial charge on any atom is 0.0667 e. The van der Waals surface area contributed by atoms with Crippen LogP contribution in [0.1, 0.15) is 17.0 Å². The highest BCUT2D eigenvalue weighted by atomic mass is 16.3. The number of nitrogens with zero attached hydrogens (tertiary/aromatic N) is 1. The summed E-state index contributed by atoms with van der Waals surface area (Å²) in [6.07, 6.45) is 1.05. The summed E-state index contributed by atoms with van der Waals surface area (Å²) in [6, 6.07) is 0. The number of rotatable bonds is 0. The summed E-state index contributed by atoms with van der Waals surface area (Å²) >= 11 is 0. The van der Waals surface area contributed by atoms with E-state index in [2.05, 4.69) is 0 Å². The van der Waals surface area contributed by atoms with Crippen LogP contribution in [0.25, 0.3) is 0 Å². The number of likely N-dealkylation sites (N-methyl/N-ethyl adjacent to an activating group) is 1. The molecule has 0 aromatic rings. The first-order chi connectivity index (χ1) is 5.00. The lowest BCUT2D eigenvalue weighted by atomic mass is 10.1. The standard InChI is InChI=1S/C6H13NO/c1-7-4-2-3-6(8)5-7/h6,8H,2-5H2,1H3/i1+1D3. The molecule has 0 aromatic heterocycles. The molecule has 0 spiro atoms. The van der Waals surface area contributed by atoms with Gasteiger partial charge >= 0.3 is 0 Å². The molecular formula is C6H13NO. The van der Waals surface area contributed by atoms with Gasteiger partial charge in [0, 0.05) is 10.7 Å². The maximum absolute atomic E-state index is 9.15.